The van der Waals surface area contributed by atoms with Crippen molar-refractivity contribution in [1.82, 2.24) is 10.0 Å². The fraction of sp³-hybridized carbons (Fsp3) is 0.538. The Hall–Kier alpha value is -1.76. The van der Waals surface area contributed by atoms with Crippen LogP contribution >= 0.6 is 0 Å². The number of hydrogen-bond donors (Lipinski definition) is 2. The number of rotatable bonds is 9. The van der Waals surface area contributed by atoms with E-state index in [-0.39, 0.29) is 11.6 Å². The highest BCUT2D eigenvalue weighted by molar-refractivity contribution is 7.89. The lowest BCUT2D eigenvalue weighted by atomic mass is 9.69. The molecule has 32 heavy (non-hydrogen) atoms. The maximum Gasteiger partial charge on any atom is 0.211 e. The lowest BCUT2D eigenvalue weighted by molar-refractivity contribution is 0.230. The van der Waals surface area contributed by atoms with Crippen LogP contribution in [0.15, 0.2) is 54.6 Å². The van der Waals surface area contributed by atoms with Crippen molar-refractivity contribution in [2.75, 3.05) is 25.9 Å². The van der Waals surface area contributed by atoms with Crippen molar-refractivity contribution in [1.29, 1.82) is 0 Å². The van der Waals surface area contributed by atoms with Gasteiger partial charge in [-0.25, -0.2) is 17.5 Å². The Morgan fingerprint density at radius 2 is 1.69 bits per heavy atom. The van der Waals surface area contributed by atoms with Gasteiger partial charge in [0.1, 0.15) is 5.82 Å². The van der Waals surface area contributed by atoms with Crippen LogP contribution in [0.2, 0.25) is 0 Å². The van der Waals surface area contributed by atoms with E-state index in [1.165, 1.54) is 6.07 Å². The van der Waals surface area contributed by atoms with Crippen LogP contribution in [0.25, 0.3) is 0 Å². The summed E-state index contributed by atoms with van der Waals surface area (Å²) in [6, 6.07) is 17.3. The quantitative estimate of drug-likeness (QED) is 0.500. The van der Waals surface area contributed by atoms with E-state index < -0.39 is 10.0 Å². The maximum atomic E-state index is 14.0. The predicted octanol–water partition coefficient (Wildman–Crippen LogP) is 5.26. The van der Waals surface area contributed by atoms with Gasteiger partial charge in [0, 0.05) is 6.54 Å². The summed E-state index contributed by atoms with van der Waals surface area (Å²) in [5.74, 6) is 1.17. The first-order valence-corrected chi connectivity index (χ1v) is 13.4. The van der Waals surface area contributed by atoms with Crippen LogP contribution in [0.5, 0.6) is 0 Å². The molecule has 0 heterocycles. The van der Waals surface area contributed by atoms with E-state index in [0.29, 0.717) is 37.3 Å². The van der Waals surface area contributed by atoms with Crippen molar-refractivity contribution in [3.05, 3.63) is 71.5 Å². The second-order valence-electron chi connectivity index (χ2n) is 8.69. The van der Waals surface area contributed by atoms with Crippen LogP contribution in [0.4, 0.5) is 4.39 Å². The largest absolute Gasteiger partial charge is 0.320 e. The Balaban J connectivity index is 0.000000520. The molecule has 3 rings (SSSR count). The zero-order chi connectivity index (χ0) is 23.4. The van der Waals surface area contributed by atoms with Crippen LogP contribution < -0.4 is 10.0 Å². The maximum absolute atomic E-state index is 14.0. The Labute approximate surface area is 194 Å². The lowest BCUT2D eigenvalue weighted by Crippen LogP contribution is -2.35. The van der Waals surface area contributed by atoms with Crippen LogP contribution in [-0.4, -0.2) is 34.3 Å². The summed E-state index contributed by atoms with van der Waals surface area (Å²) in [6.07, 6.45) is 4.70. The van der Waals surface area contributed by atoms with Gasteiger partial charge in [0.25, 0.3) is 0 Å². The first-order valence-electron chi connectivity index (χ1n) is 11.7. The summed E-state index contributed by atoms with van der Waals surface area (Å²) in [5.41, 5.74) is 1.84. The minimum atomic E-state index is -3.22. The van der Waals surface area contributed by atoms with E-state index in [4.69, 9.17) is 0 Å². The summed E-state index contributed by atoms with van der Waals surface area (Å²) in [7, 11) is -1.40. The SMILES string of the molecule is CCC1CCC(CNS(=O)(=O)CCCNC)CC1c1cccc(F)c1C.c1ccccc1. The van der Waals surface area contributed by atoms with Gasteiger partial charge in [-0.2, -0.15) is 0 Å². The fourth-order valence-corrected chi connectivity index (χ4v) is 5.70. The summed E-state index contributed by atoms with van der Waals surface area (Å²) in [4.78, 5) is 0. The third kappa shape index (κ3) is 8.64. The van der Waals surface area contributed by atoms with Gasteiger partial charge >= 0.3 is 0 Å². The van der Waals surface area contributed by atoms with Crippen molar-refractivity contribution in [2.24, 2.45) is 11.8 Å². The van der Waals surface area contributed by atoms with Gasteiger partial charge < -0.3 is 5.32 Å². The Bertz CT molecular complexity index is 863. The molecule has 0 radical (unpaired) electrons. The smallest absolute Gasteiger partial charge is 0.211 e. The van der Waals surface area contributed by atoms with Crippen LogP contribution in [0.1, 0.15) is 56.1 Å². The number of benzene rings is 2. The molecule has 0 bridgehead atoms. The Kier molecular flexibility index (Phi) is 11.4. The molecule has 3 atom stereocenters. The first kappa shape index (κ1) is 26.5. The first-order chi connectivity index (χ1) is 15.4. The van der Waals surface area contributed by atoms with Gasteiger partial charge in [0.05, 0.1) is 5.75 Å². The second-order valence-corrected chi connectivity index (χ2v) is 10.6. The molecule has 1 aliphatic carbocycles. The number of halogens is 1. The van der Waals surface area contributed by atoms with Gasteiger partial charge in [-0.05, 0) is 81.1 Å². The van der Waals surface area contributed by atoms with Gasteiger partial charge in [-0.15, -0.1) is 0 Å². The van der Waals surface area contributed by atoms with E-state index in [2.05, 4.69) is 17.0 Å². The molecule has 1 fully saturated rings. The highest BCUT2D eigenvalue weighted by Crippen LogP contribution is 2.43. The topological polar surface area (TPSA) is 58.2 Å². The molecule has 0 aliphatic heterocycles. The van der Waals surface area contributed by atoms with E-state index in [0.717, 1.165) is 36.8 Å². The molecule has 1 aliphatic rings. The van der Waals surface area contributed by atoms with E-state index in [1.807, 2.05) is 56.4 Å². The predicted molar refractivity (Wildman–Crippen MR) is 132 cm³/mol. The molecule has 6 heteroatoms. The van der Waals surface area contributed by atoms with Crippen LogP contribution in [0.3, 0.4) is 0 Å². The third-order valence-corrected chi connectivity index (χ3v) is 7.87. The zero-order valence-electron chi connectivity index (χ0n) is 19.7. The van der Waals surface area contributed by atoms with Gasteiger partial charge in [0.15, 0.2) is 0 Å². The molecule has 2 N–H and O–H groups in total. The summed E-state index contributed by atoms with van der Waals surface area (Å²) < 4.78 is 41.1. The third-order valence-electron chi connectivity index (χ3n) is 6.43. The van der Waals surface area contributed by atoms with Crippen molar-refractivity contribution in [2.45, 2.75) is 51.9 Å². The average molecular weight is 463 g/mol. The minimum Gasteiger partial charge on any atom is -0.320 e. The highest BCUT2D eigenvalue weighted by atomic mass is 32.2. The zero-order valence-corrected chi connectivity index (χ0v) is 20.5. The van der Waals surface area contributed by atoms with E-state index >= 15 is 0 Å². The molecular formula is C26H39FN2O2S. The van der Waals surface area contributed by atoms with Crippen molar-refractivity contribution in [3.63, 3.8) is 0 Å². The number of nitrogens with one attached hydrogen (secondary N) is 2. The number of hydrogen-bond acceptors (Lipinski definition) is 3. The molecule has 0 aromatic heterocycles. The molecule has 3 unspecified atom stereocenters. The average Bonchev–Trinajstić information content (AvgIpc) is 2.81. The van der Waals surface area contributed by atoms with Crippen LogP contribution in [0, 0.1) is 24.6 Å². The van der Waals surface area contributed by atoms with E-state index in [9.17, 15) is 12.8 Å². The monoisotopic (exact) mass is 462 g/mol. The molecule has 2 aromatic rings. The molecule has 4 nitrogen and oxygen atoms in total. The molecule has 0 amide bonds. The lowest BCUT2D eigenvalue weighted by Gasteiger charge is -2.37. The van der Waals surface area contributed by atoms with Gasteiger partial charge in [0.2, 0.25) is 10.0 Å². The fourth-order valence-electron chi connectivity index (χ4n) is 4.54. The minimum absolute atomic E-state index is 0.148. The standard InChI is InChI=1S/C20H33FN2O2S.C6H6/c1-4-17-10-9-16(14-23-26(24,25)12-6-11-22-3)13-19(17)18-7-5-8-20(21)15(18)2;1-2-4-6-5-3-1/h5,7-8,16-17,19,22-23H,4,6,9-14H2,1-3H3;1-6H. The van der Waals surface area contributed by atoms with Crippen molar-refractivity contribution in [3.8, 4) is 0 Å². The Morgan fingerprint density at radius 1 is 1.03 bits per heavy atom. The molecule has 0 saturated heterocycles. The van der Waals surface area contributed by atoms with Gasteiger partial charge in [-0.3, -0.25) is 0 Å². The Morgan fingerprint density at radius 3 is 2.28 bits per heavy atom. The molecule has 178 valence electrons. The molecule has 0 spiro atoms. The summed E-state index contributed by atoms with van der Waals surface area (Å²) >= 11 is 0. The van der Waals surface area contributed by atoms with Crippen molar-refractivity contribution < 1.29 is 12.8 Å². The van der Waals surface area contributed by atoms with Gasteiger partial charge in [-0.1, -0.05) is 61.9 Å². The number of sulfonamides is 1. The normalized spacial score (nSPS) is 20.9. The summed E-state index contributed by atoms with van der Waals surface area (Å²) in [6.45, 7) is 5.23. The summed E-state index contributed by atoms with van der Waals surface area (Å²) in [5, 5.41) is 2.97. The van der Waals surface area contributed by atoms with E-state index in [1.54, 1.807) is 6.07 Å². The van der Waals surface area contributed by atoms with Crippen LogP contribution in [-0.2, 0) is 10.0 Å². The molecular weight excluding hydrogens is 423 g/mol. The molecule has 2 aromatic carbocycles. The van der Waals surface area contributed by atoms with Crippen molar-refractivity contribution >= 4 is 10.0 Å². The highest BCUT2D eigenvalue weighted by Gasteiger charge is 2.32. The second kappa shape index (κ2) is 13.7. The molecule has 1 saturated carbocycles.